The number of hydrogen-bond acceptors (Lipinski definition) is 10. The lowest BCUT2D eigenvalue weighted by Gasteiger charge is -2.53. The Labute approximate surface area is 259 Å². The van der Waals surface area contributed by atoms with Gasteiger partial charge >= 0.3 is 0 Å². The lowest BCUT2D eigenvalue weighted by molar-refractivity contribution is -0.214. The van der Waals surface area contributed by atoms with Gasteiger partial charge in [-0.1, -0.05) is 53.7 Å². The summed E-state index contributed by atoms with van der Waals surface area (Å²) in [4.78, 5) is 4.39. The Morgan fingerprint density at radius 2 is 1.37 bits per heavy atom. The lowest BCUT2D eigenvalue weighted by Crippen LogP contribution is -2.64. The predicted molar refractivity (Wildman–Crippen MR) is 176 cm³/mol. The summed E-state index contributed by atoms with van der Waals surface area (Å²) in [7, 11) is 0. The SMILES string of the molecule is CC1CCN(N)C(C)(O)C1(C)C.CC1CCN(N)C(C)(O)C1(C)C.OC(=S)CC(C(O)=S)c1nc2ccccc2s1. The molecule has 2 aliphatic heterocycles. The zero-order valence-corrected chi connectivity index (χ0v) is 28.0. The predicted octanol–water partition coefficient (Wildman–Crippen LogP) is 5.41. The molecule has 2 aromatic rings. The maximum absolute atomic E-state index is 10.1. The largest absolute Gasteiger partial charge is 0.502 e. The number of rotatable bonds is 4. The van der Waals surface area contributed by atoms with Crippen molar-refractivity contribution < 1.29 is 20.4 Å². The van der Waals surface area contributed by atoms with Crippen LogP contribution in [0.3, 0.4) is 0 Å². The van der Waals surface area contributed by atoms with E-state index in [0.29, 0.717) is 16.8 Å². The Bertz CT molecular complexity index is 1090. The van der Waals surface area contributed by atoms with Gasteiger partial charge in [0.2, 0.25) is 0 Å². The summed E-state index contributed by atoms with van der Waals surface area (Å²) in [6.07, 6.45) is 2.24. The number of thiocarbonyl (C=S) groups is 2. The number of aliphatic hydroxyl groups excluding tert-OH is 2. The van der Waals surface area contributed by atoms with E-state index in [0.717, 1.165) is 36.1 Å². The second-order valence-corrected chi connectivity index (χ2v) is 14.7. The second-order valence-electron chi connectivity index (χ2n) is 12.8. The van der Waals surface area contributed by atoms with Crippen LogP contribution >= 0.6 is 35.8 Å². The summed E-state index contributed by atoms with van der Waals surface area (Å²) >= 11 is 10.9. The van der Waals surface area contributed by atoms with E-state index >= 15 is 0 Å². The van der Waals surface area contributed by atoms with Crippen LogP contribution in [-0.2, 0) is 0 Å². The van der Waals surface area contributed by atoms with Crippen LogP contribution in [0.5, 0.6) is 0 Å². The van der Waals surface area contributed by atoms with Crippen molar-refractivity contribution in [2.75, 3.05) is 13.1 Å². The van der Waals surface area contributed by atoms with Gasteiger partial charge in [0, 0.05) is 30.3 Å². The molecule has 8 N–H and O–H groups in total. The van der Waals surface area contributed by atoms with Crippen LogP contribution in [0.2, 0.25) is 0 Å². The fourth-order valence-electron chi connectivity index (χ4n) is 4.99. The van der Waals surface area contributed by atoms with E-state index in [1.807, 2.05) is 24.3 Å². The Hall–Kier alpha value is -1.35. The molecule has 0 radical (unpaired) electrons. The fourth-order valence-corrected chi connectivity index (χ4v) is 6.50. The van der Waals surface area contributed by atoms with Gasteiger partial charge in [-0.3, -0.25) is 11.7 Å². The van der Waals surface area contributed by atoms with Crippen LogP contribution in [-0.4, -0.2) is 70.1 Å². The summed E-state index contributed by atoms with van der Waals surface area (Å²) in [5, 5.41) is 42.3. The number of nitrogens with two attached hydrogens (primary N) is 2. The van der Waals surface area contributed by atoms with Gasteiger partial charge in [-0.2, -0.15) is 0 Å². The maximum atomic E-state index is 10.1. The third-order valence-corrected chi connectivity index (χ3v) is 11.5. The van der Waals surface area contributed by atoms with Gasteiger partial charge < -0.3 is 20.4 Å². The van der Waals surface area contributed by atoms with Crippen LogP contribution in [0.1, 0.15) is 85.6 Å². The molecule has 3 heterocycles. The molecule has 2 saturated heterocycles. The molecule has 232 valence electrons. The molecule has 2 fully saturated rings. The molecule has 0 amide bonds. The van der Waals surface area contributed by atoms with Gasteiger partial charge in [0.15, 0.2) is 10.1 Å². The number of fused-ring (bicyclic) bond motifs is 1. The smallest absolute Gasteiger partial charge is 0.167 e. The number of aromatic nitrogens is 1. The van der Waals surface area contributed by atoms with Crippen molar-refractivity contribution in [2.24, 2.45) is 34.4 Å². The molecule has 1 aromatic carbocycles. The second kappa shape index (κ2) is 13.5. The van der Waals surface area contributed by atoms with Gasteiger partial charge in [0.1, 0.15) is 16.5 Å². The third-order valence-electron chi connectivity index (χ3n) is 9.92. The molecule has 2 aliphatic rings. The highest BCUT2D eigenvalue weighted by atomic mass is 32.1. The highest BCUT2D eigenvalue weighted by molar-refractivity contribution is 7.80. The Morgan fingerprint density at radius 1 is 0.927 bits per heavy atom. The maximum Gasteiger partial charge on any atom is 0.167 e. The lowest BCUT2D eigenvalue weighted by atomic mass is 9.68. The van der Waals surface area contributed by atoms with E-state index in [9.17, 15) is 15.3 Å². The minimum atomic E-state index is -0.884. The van der Waals surface area contributed by atoms with E-state index in [1.54, 1.807) is 23.9 Å². The molecule has 5 unspecified atom stereocenters. The fraction of sp³-hybridized carbons (Fsp3) is 0.690. The molecular weight excluding hydrogens is 579 g/mol. The first kappa shape index (κ1) is 35.8. The van der Waals surface area contributed by atoms with Crippen LogP contribution in [0.4, 0.5) is 0 Å². The van der Waals surface area contributed by atoms with Crippen molar-refractivity contribution in [3.63, 3.8) is 0 Å². The monoisotopic (exact) mass is 627 g/mol. The Balaban J connectivity index is 0.000000221. The third kappa shape index (κ3) is 7.79. The number of piperidine rings is 2. The molecule has 5 atom stereocenters. The van der Waals surface area contributed by atoms with E-state index in [4.69, 9.17) is 29.0 Å². The van der Waals surface area contributed by atoms with Crippen molar-refractivity contribution in [3.8, 4) is 0 Å². The molecule has 1 aromatic heterocycles. The molecule has 41 heavy (non-hydrogen) atoms. The van der Waals surface area contributed by atoms with Gasteiger partial charge in [0.25, 0.3) is 0 Å². The van der Waals surface area contributed by atoms with Crippen molar-refractivity contribution >= 4 is 56.1 Å². The first-order valence-electron chi connectivity index (χ1n) is 14.0. The van der Waals surface area contributed by atoms with Gasteiger partial charge in [0.05, 0.1) is 16.1 Å². The zero-order valence-electron chi connectivity index (χ0n) is 25.6. The summed E-state index contributed by atoms with van der Waals surface area (Å²) in [6.45, 7) is 17.7. The Kier molecular flexibility index (Phi) is 11.8. The van der Waals surface area contributed by atoms with E-state index in [-0.39, 0.29) is 27.4 Å². The number of hydrogen-bond donors (Lipinski definition) is 6. The quantitative estimate of drug-likeness (QED) is 0.190. The Morgan fingerprint density at radius 3 is 1.73 bits per heavy atom. The summed E-state index contributed by atoms with van der Waals surface area (Å²) in [6, 6.07) is 7.66. The van der Waals surface area contributed by atoms with E-state index in [2.05, 4.69) is 58.7 Å². The van der Waals surface area contributed by atoms with Crippen molar-refractivity contribution in [3.05, 3.63) is 29.3 Å². The van der Waals surface area contributed by atoms with Gasteiger partial charge in [-0.05, 0) is 75.1 Å². The van der Waals surface area contributed by atoms with E-state index < -0.39 is 17.4 Å². The summed E-state index contributed by atoms with van der Waals surface area (Å²) < 4.78 is 1.02. The summed E-state index contributed by atoms with van der Waals surface area (Å²) in [5.74, 6) is 12.0. The number of para-hydroxylation sites is 1. The molecule has 9 nitrogen and oxygen atoms in total. The molecular formula is C29H49N5O4S3. The molecule has 0 bridgehead atoms. The highest BCUT2D eigenvalue weighted by Crippen LogP contribution is 2.45. The number of nitrogens with zero attached hydrogens (tertiary/aromatic N) is 3. The average Bonchev–Trinajstić information content (AvgIpc) is 3.31. The van der Waals surface area contributed by atoms with E-state index in [1.165, 1.54) is 11.3 Å². The standard InChI is InChI=1S/C11H9NO2S3.2C9H20N2O/c13-9(15)5-6(11(14)16)10-12-7-3-1-2-4-8(7)17-10;2*1-7-5-6-11(10)9(4,12)8(7,2)3/h1-4,6H,5H2,(H,13,15)(H,14,16);2*7,12H,5-6,10H2,1-4H3. The van der Waals surface area contributed by atoms with Crippen molar-refractivity contribution in [2.45, 2.75) is 92.0 Å². The number of thiazole rings is 1. The van der Waals surface area contributed by atoms with Crippen LogP contribution in [0.15, 0.2) is 24.3 Å². The highest BCUT2D eigenvalue weighted by Gasteiger charge is 2.50. The molecule has 0 aliphatic carbocycles. The van der Waals surface area contributed by atoms with Gasteiger partial charge in [-0.25, -0.2) is 15.0 Å². The number of benzene rings is 1. The van der Waals surface area contributed by atoms with Crippen molar-refractivity contribution in [1.29, 1.82) is 0 Å². The number of aliphatic hydroxyl groups is 4. The van der Waals surface area contributed by atoms with Crippen LogP contribution < -0.4 is 11.7 Å². The minimum Gasteiger partial charge on any atom is -0.502 e. The van der Waals surface area contributed by atoms with Crippen LogP contribution in [0.25, 0.3) is 10.2 Å². The first-order chi connectivity index (χ1) is 18.7. The topological polar surface area (TPSA) is 152 Å². The molecule has 12 heteroatoms. The molecule has 0 saturated carbocycles. The average molecular weight is 628 g/mol. The first-order valence-corrected chi connectivity index (χ1v) is 15.6. The normalized spacial score (nSPS) is 30.3. The zero-order chi connectivity index (χ0) is 31.6. The molecule has 4 rings (SSSR count). The van der Waals surface area contributed by atoms with Crippen LogP contribution in [0, 0.1) is 22.7 Å². The van der Waals surface area contributed by atoms with Gasteiger partial charge in [-0.15, -0.1) is 11.3 Å². The van der Waals surface area contributed by atoms with Crippen molar-refractivity contribution in [1.82, 2.24) is 15.0 Å². The minimum absolute atomic E-state index is 0.129. The summed E-state index contributed by atoms with van der Waals surface area (Å²) in [5.41, 5.74) is -1.19. The molecule has 0 spiro atoms. The number of hydrazine groups is 2.